The predicted molar refractivity (Wildman–Crippen MR) is 76.1 cm³/mol. The summed E-state index contributed by atoms with van der Waals surface area (Å²) in [5.74, 6) is -0.0738. The van der Waals surface area contributed by atoms with E-state index in [2.05, 4.69) is 5.32 Å². The van der Waals surface area contributed by atoms with Gasteiger partial charge in [-0.3, -0.25) is 4.79 Å². The highest BCUT2D eigenvalue weighted by Gasteiger charge is 2.27. The van der Waals surface area contributed by atoms with E-state index in [4.69, 9.17) is 10.5 Å². The number of carbonyl (C=O) groups excluding carboxylic acids is 1. The topological polar surface area (TPSA) is 69.3 Å². The Kier molecular flexibility index (Phi) is 6.05. The first-order valence-electron chi connectivity index (χ1n) is 6.79. The number of nitrogens with one attached hydrogen (secondary N) is 1. The van der Waals surface area contributed by atoms with Crippen LogP contribution in [0.25, 0.3) is 0 Å². The summed E-state index contributed by atoms with van der Waals surface area (Å²) in [6.45, 7) is 5.78. The van der Waals surface area contributed by atoms with Crippen LogP contribution in [-0.4, -0.2) is 36.3 Å². The molecule has 0 spiro atoms. The van der Waals surface area contributed by atoms with E-state index in [1.54, 1.807) is 7.11 Å². The van der Waals surface area contributed by atoms with Crippen LogP contribution in [0, 0.1) is 0 Å². The van der Waals surface area contributed by atoms with Crippen molar-refractivity contribution in [2.45, 2.75) is 38.8 Å². The molecule has 108 valence electrons. The normalized spacial score (nSPS) is 11.6. The van der Waals surface area contributed by atoms with Gasteiger partial charge in [-0.25, -0.2) is 0 Å². The lowest BCUT2D eigenvalue weighted by Crippen LogP contribution is -2.53. The largest absolute Gasteiger partial charge is 0.383 e. The first-order chi connectivity index (χ1) is 9.12. The van der Waals surface area contributed by atoms with Gasteiger partial charge in [0.05, 0.1) is 12.1 Å². The first kappa shape index (κ1) is 15.7. The molecule has 0 aromatic carbocycles. The maximum Gasteiger partial charge on any atom is 0.268 e. The van der Waals surface area contributed by atoms with Crippen LogP contribution in [0.1, 0.15) is 37.2 Å². The van der Waals surface area contributed by atoms with E-state index in [0.717, 1.165) is 12.8 Å². The number of ether oxygens (including phenoxy) is 1. The Bertz CT molecular complexity index is 389. The number of hydrogen-bond acceptors (Lipinski definition) is 3. The van der Waals surface area contributed by atoms with Crippen molar-refractivity contribution in [1.29, 1.82) is 0 Å². The first-order valence-corrected chi connectivity index (χ1v) is 6.79. The van der Waals surface area contributed by atoms with Crippen LogP contribution < -0.4 is 11.1 Å². The van der Waals surface area contributed by atoms with Crippen molar-refractivity contribution >= 4 is 5.91 Å². The Labute approximate surface area is 115 Å². The summed E-state index contributed by atoms with van der Waals surface area (Å²) in [6.07, 6.45) is 3.53. The van der Waals surface area contributed by atoms with Crippen molar-refractivity contribution in [2.24, 2.45) is 5.73 Å². The molecule has 1 aromatic heterocycles. The van der Waals surface area contributed by atoms with Gasteiger partial charge in [-0.05, 0) is 25.0 Å². The second-order valence-electron chi connectivity index (χ2n) is 4.73. The average molecular weight is 267 g/mol. The van der Waals surface area contributed by atoms with Crippen LogP contribution in [0.15, 0.2) is 18.3 Å². The molecule has 0 aliphatic carbocycles. The lowest BCUT2D eigenvalue weighted by molar-refractivity contribution is 0.0883. The minimum atomic E-state index is -0.312. The molecule has 0 saturated carbocycles. The van der Waals surface area contributed by atoms with Crippen molar-refractivity contribution in [3.63, 3.8) is 0 Å². The molecule has 5 heteroatoms. The standard InChI is InChI=1S/C14H25N3O2/c1-4-14(5-2,11-15)16-13(18)12-7-6-8-17(12)9-10-19-3/h6-8H,4-5,9-11,15H2,1-3H3,(H,16,18). The zero-order chi connectivity index (χ0) is 14.3. The number of nitrogens with zero attached hydrogens (tertiary/aromatic N) is 1. The molecule has 0 aliphatic heterocycles. The van der Waals surface area contributed by atoms with Crippen LogP contribution in [0.3, 0.4) is 0 Å². The molecule has 0 saturated heterocycles. The summed E-state index contributed by atoms with van der Waals surface area (Å²) in [5, 5.41) is 3.07. The molecule has 0 atom stereocenters. The van der Waals surface area contributed by atoms with E-state index in [1.807, 2.05) is 36.7 Å². The van der Waals surface area contributed by atoms with Crippen LogP contribution in [0.2, 0.25) is 0 Å². The number of aromatic nitrogens is 1. The number of amides is 1. The molecule has 19 heavy (non-hydrogen) atoms. The van der Waals surface area contributed by atoms with Crippen molar-refractivity contribution in [3.05, 3.63) is 24.0 Å². The third-order valence-electron chi connectivity index (χ3n) is 3.72. The van der Waals surface area contributed by atoms with Gasteiger partial charge in [0, 0.05) is 26.4 Å². The minimum Gasteiger partial charge on any atom is -0.383 e. The Morgan fingerprint density at radius 3 is 2.68 bits per heavy atom. The Morgan fingerprint density at radius 2 is 2.16 bits per heavy atom. The van der Waals surface area contributed by atoms with Gasteiger partial charge in [0.1, 0.15) is 5.69 Å². The molecule has 1 heterocycles. The smallest absolute Gasteiger partial charge is 0.268 e. The van der Waals surface area contributed by atoms with Crippen LogP contribution in [-0.2, 0) is 11.3 Å². The summed E-state index contributed by atoms with van der Waals surface area (Å²) < 4.78 is 6.94. The van der Waals surface area contributed by atoms with E-state index in [0.29, 0.717) is 25.4 Å². The number of nitrogens with two attached hydrogens (primary N) is 1. The molecule has 0 fully saturated rings. The Balaban J connectivity index is 2.80. The van der Waals surface area contributed by atoms with Gasteiger partial charge in [0.25, 0.3) is 5.91 Å². The van der Waals surface area contributed by atoms with Gasteiger partial charge in [-0.2, -0.15) is 0 Å². The Hall–Kier alpha value is -1.33. The highest BCUT2D eigenvalue weighted by atomic mass is 16.5. The summed E-state index contributed by atoms with van der Waals surface area (Å²) in [7, 11) is 1.65. The third kappa shape index (κ3) is 3.81. The van der Waals surface area contributed by atoms with Gasteiger partial charge in [-0.1, -0.05) is 13.8 Å². The number of hydrogen-bond donors (Lipinski definition) is 2. The molecule has 1 rings (SSSR count). The van der Waals surface area contributed by atoms with Crippen LogP contribution >= 0.6 is 0 Å². The lowest BCUT2D eigenvalue weighted by Gasteiger charge is -2.31. The van der Waals surface area contributed by atoms with Crippen molar-refractivity contribution < 1.29 is 9.53 Å². The predicted octanol–water partition coefficient (Wildman–Crippen LogP) is 1.38. The van der Waals surface area contributed by atoms with Gasteiger partial charge in [0.2, 0.25) is 0 Å². The molecule has 1 amide bonds. The second kappa shape index (κ2) is 7.31. The highest BCUT2D eigenvalue weighted by molar-refractivity contribution is 5.93. The highest BCUT2D eigenvalue weighted by Crippen LogP contribution is 2.14. The fourth-order valence-electron chi connectivity index (χ4n) is 2.08. The Morgan fingerprint density at radius 1 is 1.47 bits per heavy atom. The van der Waals surface area contributed by atoms with E-state index >= 15 is 0 Å². The van der Waals surface area contributed by atoms with Gasteiger partial charge in [-0.15, -0.1) is 0 Å². The summed E-state index contributed by atoms with van der Waals surface area (Å²) >= 11 is 0. The SMILES string of the molecule is CCC(CC)(CN)NC(=O)c1cccn1CCOC. The van der Waals surface area contributed by atoms with Crippen LogP contribution in [0.4, 0.5) is 0 Å². The number of methoxy groups -OCH3 is 1. The van der Waals surface area contributed by atoms with Gasteiger partial charge < -0.3 is 20.4 Å². The number of carbonyl (C=O) groups is 1. The van der Waals surface area contributed by atoms with E-state index < -0.39 is 0 Å². The van der Waals surface area contributed by atoms with E-state index in [-0.39, 0.29) is 11.4 Å². The van der Waals surface area contributed by atoms with Crippen LogP contribution in [0.5, 0.6) is 0 Å². The third-order valence-corrected chi connectivity index (χ3v) is 3.72. The van der Waals surface area contributed by atoms with Crippen molar-refractivity contribution in [3.8, 4) is 0 Å². The lowest BCUT2D eigenvalue weighted by atomic mass is 9.93. The zero-order valence-corrected chi connectivity index (χ0v) is 12.1. The second-order valence-corrected chi connectivity index (χ2v) is 4.73. The molecule has 0 bridgehead atoms. The molecular weight excluding hydrogens is 242 g/mol. The van der Waals surface area contributed by atoms with E-state index in [1.165, 1.54) is 0 Å². The monoisotopic (exact) mass is 267 g/mol. The van der Waals surface area contributed by atoms with Gasteiger partial charge >= 0.3 is 0 Å². The summed E-state index contributed by atoms with van der Waals surface area (Å²) in [4.78, 5) is 12.4. The molecular formula is C14H25N3O2. The fourth-order valence-corrected chi connectivity index (χ4v) is 2.08. The molecule has 1 aromatic rings. The maximum atomic E-state index is 12.4. The maximum absolute atomic E-state index is 12.4. The average Bonchev–Trinajstić information content (AvgIpc) is 2.91. The molecule has 0 radical (unpaired) electrons. The summed E-state index contributed by atoms with van der Waals surface area (Å²) in [5.41, 5.74) is 6.14. The molecule has 5 nitrogen and oxygen atoms in total. The fraction of sp³-hybridized carbons (Fsp3) is 0.643. The number of rotatable bonds is 8. The van der Waals surface area contributed by atoms with Gasteiger partial charge in [0.15, 0.2) is 0 Å². The van der Waals surface area contributed by atoms with Crippen molar-refractivity contribution in [1.82, 2.24) is 9.88 Å². The zero-order valence-electron chi connectivity index (χ0n) is 12.1. The quantitative estimate of drug-likeness (QED) is 0.747. The minimum absolute atomic E-state index is 0.0738. The molecule has 3 N–H and O–H groups in total. The molecule has 0 unspecified atom stereocenters. The molecule has 0 aliphatic rings. The summed E-state index contributed by atoms with van der Waals surface area (Å²) in [6, 6.07) is 3.68. The van der Waals surface area contributed by atoms with E-state index in [9.17, 15) is 4.79 Å². The van der Waals surface area contributed by atoms with Crippen molar-refractivity contribution in [2.75, 3.05) is 20.3 Å².